The molecule has 0 aliphatic rings. The van der Waals surface area contributed by atoms with Crippen LogP contribution in [-0.4, -0.2) is 35.2 Å². The first-order chi connectivity index (χ1) is 5.78. The molecule has 1 N–H and O–H groups in total. The minimum atomic E-state index is -1.19. The zero-order chi connectivity index (χ0) is 10.6. The molecule has 0 fully saturated rings. The van der Waals surface area contributed by atoms with E-state index in [0.29, 0.717) is 0 Å². The number of hydrogen-bond donors (Lipinski definition) is 1. The normalized spacial score (nSPS) is 10.5. The average Bonchev–Trinajstić information content (AvgIpc) is 1.98. The van der Waals surface area contributed by atoms with Crippen LogP contribution >= 0.6 is 0 Å². The Bertz CT molecular complexity index is 207. The Morgan fingerprint density at radius 2 is 1.69 bits per heavy atom. The maximum atomic E-state index is 10.9. The fourth-order valence-corrected chi connectivity index (χ4v) is 0.466. The van der Waals surface area contributed by atoms with Crippen molar-refractivity contribution in [1.29, 1.82) is 0 Å². The number of amides is 2. The summed E-state index contributed by atoms with van der Waals surface area (Å²) in [6, 6.07) is 0. The highest BCUT2D eigenvalue weighted by Gasteiger charge is 2.26. The van der Waals surface area contributed by atoms with E-state index in [0.717, 1.165) is 7.11 Å². The number of hydrogen-bond acceptors (Lipinski definition) is 5. The van der Waals surface area contributed by atoms with Gasteiger partial charge in [0.2, 0.25) is 0 Å². The molecule has 76 valence electrons. The van der Waals surface area contributed by atoms with Crippen LogP contribution in [0, 0.1) is 0 Å². The van der Waals surface area contributed by atoms with Gasteiger partial charge in [-0.15, -0.1) is 0 Å². The van der Waals surface area contributed by atoms with Gasteiger partial charge in [-0.25, -0.2) is 9.59 Å². The van der Waals surface area contributed by atoms with Crippen LogP contribution in [0.5, 0.6) is 0 Å². The Labute approximate surface area is 76.0 Å². The predicted molar refractivity (Wildman–Crippen MR) is 42.3 cm³/mol. The fourth-order valence-electron chi connectivity index (χ4n) is 0.466. The Hall–Kier alpha value is -1.30. The molecule has 13 heavy (non-hydrogen) atoms. The first-order valence-corrected chi connectivity index (χ1v) is 3.58. The van der Waals surface area contributed by atoms with Crippen molar-refractivity contribution in [2.75, 3.05) is 7.11 Å². The molecule has 0 aromatic rings. The van der Waals surface area contributed by atoms with E-state index >= 15 is 0 Å². The van der Waals surface area contributed by atoms with Crippen molar-refractivity contribution >= 4 is 12.2 Å². The zero-order valence-corrected chi connectivity index (χ0v) is 8.03. The third-order valence-corrected chi connectivity index (χ3v) is 0.914. The monoisotopic (exact) mass is 191 g/mol. The van der Waals surface area contributed by atoms with Crippen LogP contribution in [0.15, 0.2) is 0 Å². The third-order valence-electron chi connectivity index (χ3n) is 0.914. The zero-order valence-electron chi connectivity index (χ0n) is 8.03. The molecule has 0 atom stereocenters. The van der Waals surface area contributed by atoms with E-state index in [1.54, 1.807) is 20.8 Å². The van der Waals surface area contributed by atoms with Crippen LogP contribution < -0.4 is 0 Å². The SMILES string of the molecule is COC(=O)N(O)C(=O)OC(C)(C)C. The number of carbonyl (C=O) groups is 2. The lowest BCUT2D eigenvalue weighted by Gasteiger charge is -2.21. The summed E-state index contributed by atoms with van der Waals surface area (Å²) >= 11 is 0. The molecule has 0 heterocycles. The van der Waals surface area contributed by atoms with Gasteiger partial charge in [0.15, 0.2) is 0 Å². The highest BCUT2D eigenvalue weighted by atomic mass is 16.7. The van der Waals surface area contributed by atoms with Crippen molar-refractivity contribution in [2.24, 2.45) is 0 Å². The number of carbonyl (C=O) groups excluding carboxylic acids is 2. The maximum absolute atomic E-state index is 10.9. The summed E-state index contributed by atoms with van der Waals surface area (Å²) in [5, 5.41) is 8.60. The van der Waals surface area contributed by atoms with E-state index in [4.69, 9.17) is 5.21 Å². The first kappa shape index (κ1) is 11.7. The molecule has 0 bridgehead atoms. The van der Waals surface area contributed by atoms with E-state index in [9.17, 15) is 9.59 Å². The number of rotatable bonds is 0. The van der Waals surface area contributed by atoms with Crippen LogP contribution in [-0.2, 0) is 9.47 Å². The Morgan fingerprint density at radius 3 is 2.00 bits per heavy atom. The minimum Gasteiger partial charge on any atom is -0.451 e. The van der Waals surface area contributed by atoms with E-state index in [-0.39, 0.29) is 5.06 Å². The van der Waals surface area contributed by atoms with E-state index in [1.165, 1.54) is 0 Å². The molecular formula is C7H13NO5. The van der Waals surface area contributed by atoms with Gasteiger partial charge in [-0.05, 0) is 20.8 Å². The fraction of sp³-hybridized carbons (Fsp3) is 0.714. The summed E-state index contributed by atoms with van der Waals surface area (Å²) in [4.78, 5) is 21.5. The largest absolute Gasteiger partial charge is 0.451 e. The van der Waals surface area contributed by atoms with Gasteiger partial charge >= 0.3 is 12.2 Å². The van der Waals surface area contributed by atoms with Crippen molar-refractivity contribution in [2.45, 2.75) is 26.4 Å². The molecule has 0 aromatic heterocycles. The minimum absolute atomic E-state index is 0.231. The lowest BCUT2D eigenvalue weighted by Crippen LogP contribution is -2.38. The van der Waals surface area contributed by atoms with Crippen LogP contribution in [0.1, 0.15) is 20.8 Å². The molecule has 0 spiro atoms. The van der Waals surface area contributed by atoms with Crippen LogP contribution in [0.2, 0.25) is 0 Å². The molecule has 0 radical (unpaired) electrons. The van der Waals surface area contributed by atoms with E-state index < -0.39 is 17.8 Å². The van der Waals surface area contributed by atoms with Gasteiger partial charge in [0.25, 0.3) is 0 Å². The lowest BCUT2D eigenvalue weighted by molar-refractivity contribution is -0.0776. The number of methoxy groups -OCH3 is 1. The van der Waals surface area contributed by atoms with Gasteiger partial charge in [-0.1, -0.05) is 5.06 Å². The molecule has 0 aliphatic heterocycles. The summed E-state index contributed by atoms with van der Waals surface area (Å²) < 4.78 is 8.74. The smallest absolute Gasteiger partial charge is 0.444 e. The van der Waals surface area contributed by atoms with Crippen molar-refractivity contribution < 1.29 is 24.3 Å². The molecule has 2 amide bonds. The van der Waals surface area contributed by atoms with Gasteiger partial charge in [0.1, 0.15) is 5.60 Å². The summed E-state index contributed by atoms with van der Waals surface area (Å²) in [7, 11) is 1.04. The van der Waals surface area contributed by atoms with Gasteiger partial charge in [-0.2, -0.15) is 0 Å². The van der Waals surface area contributed by atoms with Crippen LogP contribution in [0.4, 0.5) is 9.59 Å². The average molecular weight is 191 g/mol. The van der Waals surface area contributed by atoms with E-state index in [2.05, 4.69) is 9.47 Å². The maximum Gasteiger partial charge on any atom is 0.444 e. The molecule has 0 rings (SSSR count). The van der Waals surface area contributed by atoms with Crippen molar-refractivity contribution in [3.05, 3.63) is 0 Å². The Morgan fingerprint density at radius 1 is 1.23 bits per heavy atom. The van der Waals surface area contributed by atoms with Crippen molar-refractivity contribution in [3.8, 4) is 0 Å². The Balaban J connectivity index is 4.20. The molecule has 0 aliphatic carbocycles. The molecule has 0 saturated carbocycles. The van der Waals surface area contributed by atoms with E-state index in [1.807, 2.05) is 0 Å². The summed E-state index contributed by atoms with van der Waals surface area (Å²) in [6.45, 7) is 4.82. The van der Waals surface area contributed by atoms with Gasteiger partial charge in [0, 0.05) is 0 Å². The summed E-state index contributed by atoms with van der Waals surface area (Å²) in [5.41, 5.74) is -0.772. The second-order valence-corrected chi connectivity index (χ2v) is 3.26. The molecule has 0 aromatic carbocycles. The second-order valence-electron chi connectivity index (χ2n) is 3.26. The van der Waals surface area contributed by atoms with Crippen molar-refractivity contribution in [1.82, 2.24) is 5.06 Å². The molecular weight excluding hydrogens is 178 g/mol. The second kappa shape index (κ2) is 4.08. The van der Waals surface area contributed by atoms with Crippen LogP contribution in [0.25, 0.3) is 0 Å². The topological polar surface area (TPSA) is 76.1 Å². The summed E-state index contributed by atoms with van der Waals surface area (Å²) in [5.74, 6) is 0. The standard InChI is InChI=1S/C7H13NO5/c1-7(2,3)13-6(10)8(11)5(9)12-4/h11H,1-4H3. The highest BCUT2D eigenvalue weighted by Crippen LogP contribution is 2.09. The van der Waals surface area contributed by atoms with Crippen LogP contribution in [0.3, 0.4) is 0 Å². The quantitative estimate of drug-likeness (QED) is 0.462. The summed E-state index contributed by atoms with van der Waals surface area (Å²) in [6.07, 6.45) is -2.35. The molecule has 0 saturated heterocycles. The number of hydroxylamine groups is 2. The predicted octanol–water partition coefficient (Wildman–Crippen LogP) is 1.38. The number of nitrogens with zero attached hydrogens (tertiary/aromatic N) is 1. The number of ether oxygens (including phenoxy) is 2. The highest BCUT2D eigenvalue weighted by molar-refractivity contribution is 5.85. The third kappa shape index (κ3) is 4.32. The first-order valence-electron chi connectivity index (χ1n) is 3.58. The molecule has 6 nitrogen and oxygen atoms in total. The molecule has 0 unspecified atom stereocenters. The van der Waals surface area contributed by atoms with Gasteiger partial charge in [-0.3, -0.25) is 5.21 Å². The Kier molecular flexibility index (Phi) is 3.68. The molecule has 6 heteroatoms. The van der Waals surface area contributed by atoms with Crippen molar-refractivity contribution in [3.63, 3.8) is 0 Å². The van der Waals surface area contributed by atoms with Gasteiger partial charge < -0.3 is 9.47 Å². The lowest BCUT2D eigenvalue weighted by atomic mass is 10.2. The van der Waals surface area contributed by atoms with Gasteiger partial charge in [0.05, 0.1) is 7.11 Å². The number of imide groups is 1.